The first-order valence-corrected chi connectivity index (χ1v) is 11.2. The lowest BCUT2D eigenvalue weighted by Gasteiger charge is -2.21. The molecular formula is C25H27N7O3. The number of carbonyl (C=O) groups excluding carboxylic acids is 2. The maximum Gasteiger partial charge on any atom is 0.328 e. The molecule has 0 fully saturated rings. The topological polar surface area (TPSA) is 124 Å². The number of nitrogens with one attached hydrogen (secondary N) is 2. The van der Waals surface area contributed by atoms with Gasteiger partial charge in [0, 0.05) is 5.39 Å². The molecule has 10 heteroatoms. The van der Waals surface area contributed by atoms with Gasteiger partial charge in [0.05, 0.1) is 30.6 Å². The van der Waals surface area contributed by atoms with Gasteiger partial charge in [0.25, 0.3) is 5.91 Å². The number of hydrogen-bond acceptors (Lipinski definition) is 8. The molecule has 2 heterocycles. The van der Waals surface area contributed by atoms with Crippen molar-refractivity contribution in [2.75, 3.05) is 12.4 Å². The predicted molar refractivity (Wildman–Crippen MR) is 131 cm³/mol. The molecule has 0 aliphatic rings. The lowest BCUT2D eigenvalue weighted by atomic mass is 10.0. The molecule has 0 aliphatic heterocycles. The van der Waals surface area contributed by atoms with Crippen LogP contribution in [0.2, 0.25) is 0 Å². The molecule has 4 aromatic rings. The molecule has 180 valence electrons. The van der Waals surface area contributed by atoms with E-state index < -0.39 is 6.04 Å². The Bertz CT molecular complexity index is 1350. The number of rotatable bonds is 8. The number of ether oxygens (including phenoxy) is 1. The molecule has 0 saturated heterocycles. The summed E-state index contributed by atoms with van der Waals surface area (Å²) in [7, 11) is 1.36. The van der Waals surface area contributed by atoms with Crippen LogP contribution in [-0.2, 0) is 16.1 Å². The lowest BCUT2D eigenvalue weighted by Crippen LogP contribution is -2.36. The first-order valence-electron chi connectivity index (χ1n) is 11.2. The number of fused-ring (bicyclic) bond motifs is 1. The van der Waals surface area contributed by atoms with E-state index in [9.17, 15) is 9.59 Å². The van der Waals surface area contributed by atoms with Crippen molar-refractivity contribution >= 4 is 28.6 Å². The van der Waals surface area contributed by atoms with Crippen LogP contribution in [0.5, 0.6) is 0 Å². The summed E-state index contributed by atoms with van der Waals surface area (Å²) in [4.78, 5) is 35.7. The van der Waals surface area contributed by atoms with Gasteiger partial charge in [0.1, 0.15) is 11.9 Å². The van der Waals surface area contributed by atoms with Gasteiger partial charge in [-0.25, -0.2) is 14.8 Å². The van der Waals surface area contributed by atoms with Crippen molar-refractivity contribution in [2.24, 2.45) is 5.92 Å². The second-order valence-corrected chi connectivity index (χ2v) is 8.34. The largest absolute Gasteiger partial charge is 0.467 e. The molecule has 10 nitrogen and oxygen atoms in total. The molecule has 2 aromatic heterocycles. The highest BCUT2D eigenvalue weighted by molar-refractivity contribution is 5.93. The van der Waals surface area contributed by atoms with Crippen LogP contribution in [0.15, 0.2) is 54.6 Å². The second-order valence-electron chi connectivity index (χ2n) is 8.34. The minimum Gasteiger partial charge on any atom is -0.467 e. The van der Waals surface area contributed by atoms with Crippen LogP contribution in [-0.4, -0.2) is 50.0 Å². The fraction of sp³-hybridized carbons (Fsp3) is 0.280. The number of anilines is 1. The van der Waals surface area contributed by atoms with Gasteiger partial charge in [-0.15, -0.1) is 5.10 Å². The summed E-state index contributed by atoms with van der Waals surface area (Å²) >= 11 is 0. The summed E-state index contributed by atoms with van der Waals surface area (Å²) in [5.41, 5.74) is 2.17. The van der Waals surface area contributed by atoms with Gasteiger partial charge in [-0.1, -0.05) is 44.2 Å². The molecule has 0 aliphatic carbocycles. The molecule has 2 N–H and O–H groups in total. The SMILES string of the molecule is COC(=O)[C@@H](Nc1nc(CNC(=O)c2nn(-c3ccccc3)nc2C)nc2ccccc12)C(C)C. The molecule has 1 amide bonds. The van der Waals surface area contributed by atoms with Gasteiger partial charge in [-0.2, -0.15) is 9.90 Å². The van der Waals surface area contributed by atoms with E-state index in [4.69, 9.17) is 4.74 Å². The molecule has 0 bridgehead atoms. The van der Waals surface area contributed by atoms with Crippen molar-refractivity contribution in [1.82, 2.24) is 30.3 Å². The predicted octanol–water partition coefficient (Wildman–Crippen LogP) is 3.06. The highest BCUT2D eigenvalue weighted by Gasteiger charge is 2.24. The Morgan fingerprint density at radius 3 is 2.43 bits per heavy atom. The maximum absolute atomic E-state index is 12.9. The minimum atomic E-state index is -0.587. The Kier molecular flexibility index (Phi) is 7.00. The third-order valence-electron chi connectivity index (χ3n) is 5.45. The average molecular weight is 474 g/mol. The average Bonchev–Trinajstić information content (AvgIpc) is 3.27. The number of hydrogen-bond donors (Lipinski definition) is 2. The highest BCUT2D eigenvalue weighted by Crippen LogP contribution is 2.22. The smallest absolute Gasteiger partial charge is 0.328 e. The van der Waals surface area contributed by atoms with Gasteiger partial charge in [0.2, 0.25) is 0 Å². The number of amides is 1. The summed E-state index contributed by atoms with van der Waals surface area (Å²) in [6.07, 6.45) is 0. The number of benzene rings is 2. The number of methoxy groups -OCH3 is 1. The van der Waals surface area contributed by atoms with E-state index in [1.165, 1.54) is 11.9 Å². The number of aromatic nitrogens is 5. The molecule has 0 unspecified atom stereocenters. The Balaban J connectivity index is 1.56. The number of aryl methyl sites for hydroxylation is 1. The summed E-state index contributed by atoms with van der Waals surface area (Å²) in [6, 6.07) is 16.2. The van der Waals surface area contributed by atoms with Crippen molar-refractivity contribution < 1.29 is 14.3 Å². The fourth-order valence-electron chi connectivity index (χ4n) is 3.59. The zero-order valence-electron chi connectivity index (χ0n) is 20.0. The number of carbonyl (C=O) groups is 2. The van der Waals surface area contributed by atoms with E-state index in [2.05, 4.69) is 30.8 Å². The summed E-state index contributed by atoms with van der Waals surface area (Å²) in [5.74, 6) is 0.0878. The van der Waals surface area contributed by atoms with E-state index in [-0.39, 0.29) is 30.0 Å². The molecule has 0 radical (unpaired) electrons. The summed E-state index contributed by atoms with van der Waals surface area (Å²) < 4.78 is 4.94. The standard InChI is InChI=1S/C25H27N7O3/c1-15(2)21(25(34)35-4)29-23-18-12-8-9-13-19(18)27-20(28-23)14-26-24(33)22-16(3)30-32(31-22)17-10-6-5-7-11-17/h5-13,15,21H,14H2,1-4H3,(H,26,33)(H,27,28,29)/t21-/m0/s1. The van der Waals surface area contributed by atoms with Crippen molar-refractivity contribution in [3.05, 3.63) is 71.8 Å². The highest BCUT2D eigenvalue weighted by atomic mass is 16.5. The quantitative estimate of drug-likeness (QED) is 0.374. The molecular weight excluding hydrogens is 446 g/mol. The van der Waals surface area contributed by atoms with Gasteiger partial charge in [-0.05, 0) is 37.1 Å². The van der Waals surface area contributed by atoms with Gasteiger partial charge >= 0.3 is 5.97 Å². The zero-order valence-corrected chi connectivity index (χ0v) is 20.0. The van der Waals surface area contributed by atoms with Crippen LogP contribution in [0.3, 0.4) is 0 Å². The molecule has 0 spiro atoms. The lowest BCUT2D eigenvalue weighted by molar-refractivity contribution is -0.142. The fourth-order valence-corrected chi connectivity index (χ4v) is 3.59. The summed E-state index contributed by atoms with van der Waals surface area (Å²) in [5, 5.41) is 15.5. The Hall–Kier alpha value is -4.34. The first-order chi connectivity index (χ1) is 16.9. The Labute approximate surface area is 202 Å². The van der Waals surface area contributed by atoms with Gasteiger partial charge in [0.15, 0.2) is 11.5 Å². The van der Waals surface area contributed by atoms with Crippen LogP contribution in [0, 0.1) is 12.8 Å². The number of nitrogens with zero attached hydrogens (tertiary/aromatic N) is 5. The van der Waals surface area contributed by atoms with E-state index >= 15 is 0 Å². The number of esters is 1. The molecule has 1 atom stereocenters. The second kappa shape index (κ2) is 10.3. The first kappa shape index (κ1) is 23.8. The van der Waals surface area contributed by atoms with Crippen molar-refractivity contribution in [1.29, 1.82) is 0 Å². The van der Waals surface area contributed by atoms with E-state index in [1.54, 1.807) is 6.92 Å². The third kappa shape index (κ3) is 5.26. The summed E-state index contributed by atoms with van der Waals surface area (Å²) in [6.45, 7) is 5.64. The Morgan fingerprint density at radius 1 is 1.00 bits per heavy atom. The van der Waals surface area contributed by atoms with Crippen LogP contribution in [0.1, 0.15) is 35.9 Å². The van der Waals surface area contributed by atoms with Gasteiger partial charge < -0.3 is 15.4 Å². The Morgan fingerprint density at radius 2 is 1.71 bits per heavy atom. The van der Waals surface area contributed by atoms with Gasteiger partial charge in [-0.3, -0.25) is 4.79 Å². The van der Waals surface area contributed by atoms with E-state index in [1.807, 2.05) is 68.4 Å². The van der Waals surface area contributed by atoms with Crippen LogP contribution in [0.25, 0.3) is 16.6 Å². The van der Waals surface area contributed by atoms with Crippen molar-refractivity contribution in [2.45, 2.75) is 33.4 Å². The van der Waals surface area contributed by atoms with Crippen molar-refractivity contribution in [3.63, 3.8) is 0 Å². The van der Waals surface area contributed by atoms with Crippen molar-refractivity contribution in [3.8, 4) is 5.69 Å². The monoisotopic (exact) mass is 473 g/mol. The molecule has 2 aromatic carbocycles. The van der Waals surface area contributed by atoms with Crippen LogP contribution >= 0.6 is 0 Å². The minimum absolute atomic E-state index is 0.0328. The van der Waals surface area contributed by atoms with E-state index in [0.29, 0.717) is 22.9 Å². The molecule has 35 heavy (non-hydrogen) atoms. The van der Waals surface area contributed by atoms with Crippen LogP contribution in [0.4, 0.5) is 5.82 Å². The number of para-hydroxylation sites is 2. The maximum atomic E-state index is 12.9. The molecule has 0 saturated carbocycles. The molecule has 4 rings (SSSR count). The zero-order chi connectivity index (χ0) is 24.9. The van der Waals surface area contributed by atoms with E-state index in [0.717, 1.165) is 11.1 Å². The van der Waals surface area contributed by atoms with Crippen LogP contribution < -0.4 is 10.6 Å². The third-order valence-corrected chi connectivity index (χ3v) is 5.45. The normalized spacial score (nSPS) is 11.9.